The molecule has 0 fully saturated rings. The van der Waals surface area contributed by atoms with Crippen LogP contribution < -0.4 is 0 Å². The number of fused-ring (bicyclic) bond motifs is 7. The first-order valence-electron chi connectivity index (χ1n) is 18.9. The van der Waals surface area contributed by atoms with Gasteiger partial charge in [-0.05, 0) is 88.9 Å². The largest absolute Gasteiger partial charge is 0.305 e. The van der Waals surface area contributed by atoms with Gasteiger partial charge in [-0.25, -0.2) is 0 Å². The summed E-state index contributed by atoms with van der Waals surface area (Å²) < 4.78 is 0. The van der Waals surface area contributed by atoms with Crippen molar-refractivity contribution in [3.63, 3.8) is 0 Å². The predicted molar refractivity (Wildman–Crippen MR) is 235 cm³/mol. The van der Waals surface area contributed by atoms with Crippen molar-refractivity contribution >= 4 is 53.9 Å². The van der Waals surface area contributed by atoms with Crippen LogP contribution in [0.2, 0.25) is 0 Å². The number of aromatic nitrogens is 2. The van der Waals surface area contributed by atoms with Crippen LogP contribution in [0.3, 0.4) is 0 Å². The fourth-order valence-electron chi connectivity index (χ4n) is 8.13. The summed E-state index contributed by atoms with van der Waals surface area (Å²) in [4.78, 5) is 9.18. The molecule has 0 aliphatic rings. The first kappa shape index (κ1) is 35.9. The molecule has 0 spiro atoms. The number of benzene rings is 9. The van der Waals surface area contributed by atoms with E-state index in [0.717, 1.165) is 27.9 Å². The van der Waals surface area contributed by atoms with Gasteiger partial charge in [-0.2, -0.15) is 0 Å². The molecule has 1 radical (unpaired) electrons. The molecule has 0 N–H and O–H groups in total. The molecule has 2 aromatic heterocycles. The molecule has 9 aromatic carbocycles. The molecule has 0 saturated carbocycles. The third-order valence-electron chi connectivity index (χ3n) is 10.7. The second-order valence-corrected chi connectivity index (χ2v) is 13.9. The molecule has 11 rings (SSSR count). The summed E-state index contributed by atoms with van der Waals surface area (Å²) in [6.07, 6.45) is 3.73. The van der Waals surface area contributed by atoms with E-state index in [1.54, 1.807) is 6.20 Å². The van der Waals surface area contributed by atoms with Gasteiger partial charge >= 0.3 is 0 Å². The quantitative estimate of drug-likeness (QED) is 0.0999. The molecule has 2 nitrogen and oxygen atoms in total. The Labute approximate surface area is 345 Å². The maximum absolute atomic E-state index is 4.97. The zero-order valence-corrected chi connectivity index (χ0v) is 33.3. The van der Waals surface area contributed by atoms with E-state index in [1.807, 2.05) is 48.7 Å². The Morgan fingerprint density at radius 2 is 0.947 bits per heavy atom. The van der Waals surface area contributed by atoms with Gasteiger partial charge in [-0.3, -0.25) is 0 Å². The van der Waals surface area contributed by atoms with Crippen molar-refractivity contribution in [2.45, 2.75) is 0 Å². The number of hydrogen-bond acceptors (Lipinski definition) is 2. The topological polar surface area (TPSA) is 25.8 Å². The Hall–Kier alpha value is -6.77. The Morgan fingerprint density at radius 1 is 0.351 bits per heavy atom. The second-order valence-electron chi connectivity index (χ2n) is 13.9. The summed E-state index contributed by atoms with van der Waals surface area (Å²) in [6.45, 7) is 0. The summed E-state index contributed by atoms with van der Waals surface area (Å²) in [7, 11) is 0. The molecule has 3 heteroatoms. The van der Waals surface area contributed by atoms with Crippen molar-refractivity contribution in [2.75, 3.05) is 0 Å². The van der Waals surface area contributed by atoms with Crippen molar-refractivity contribution in [1.29, 1.82) is 0 Å². The molecular weight excluding hydrogens is 869 g/mol. The van der Waals surface area contributed by atoms with Gasteiger partial charge in [0.05, 0.1) is 0 Å². The Balaban J connectivity index is 0.000000279. The van der Waals surface area contributed by atoms with Crippen molar-refractivity contribution in [2.24, 2.45) is 0 Å². The minimum atomic E-state index is 0. The average molecular weight is 903 g/mol. The monoisotopic (exact) mass is 903 g/mol. The van der Waals surface area contributed by atoms with Gasteiger partial charge < -0.3 is 9.97 Å². The van der Waals surface area contributed by atoms with Crippen molar-refractivity contribution in [3.05, 3.63) is 219 Å². The van der Waals surface area contributed by atoms with Gasteiger partial charge in [-0.15, -0.1) is 59.7 Å². The van der Waals surface area contributed by atoms with Crippen LogP contribution in [0, 0.1) is 12.1 Å². The average Bonchev–Trinajstić information content (AvgIpc) is 3.29. The van der Waals surface area contributed by atoms with E-state index in [4.69, 9.17) is 4.98 Å². The summed E-state index contributed by atoms with van der Waals surface area (Å²) in [5, 5.41) is 12.3. The predicted octanol–water partition coefficient (Wildman–Crippen LogP) is 14.2. The second kappa shape index (κ2) is 15.8. The number of hydrogen-bond donors (Lipinski definition) is 0. The van der Waals surface area contributed by atoms with Crippen LogP contribution in [0.4, 0.5) is 0 Å². The van der Waals surface area contributed by atoms with Crippen molar-refractivity contribution in [3.8, 4) is 44.8 Å². The first-order valence-corrected chi connectivity index (χ1v) is 18.9. The maximum atomic E-state index is 4.97. The van der Waals surface area contributed by atoms with Crippen LogP contribution in [-0.2, 0) is 20.1 Å². The van der Waals surface area contributed by atoms with Crippen LogP contribution in [0.25, 0.3) is 98.6 Å². The van der Waals surface area contributed by atoms with E-state index in [1.165, 1.54) is 70.7 Å². The van der Waals surface area contributed by atoms with Gasteiger partial charge in [0.2, 0.25) is 0 Å². The molecule has 271 valence electrons. The molecule has 11 aromatic rings. The number of rotatable bonds is 4. The van der Waals surface area contributed by atoms with E-state index in [0.29, 0.717) is 0 Å². The van der Waals surface area contributed by atoms with Crippen LogP contribution in [-0.4, -0.2) is 9.97 Å². The molecule has 0 aliphatic carbocycles. The van der Waals surface area contributed by atoms with E-state index < -0.39 is 0 Å². The number of nitrogens with zero attached hydrogens (tertiary/aromatic N) is 2. The third kappa shape index (κ3) is 6.68. The van der Waals surface area contributed by atoms with Crippen molar-refractivity contribution < 1.29 is 20.1 Å². The molecule has 0 atom stereocenters. The third-order valence-corrected chi connectivity index (χ3v) is 10.7. The summed E-state index contributed by atoms with van der Waals surface area (Å²) in [5.74, 6) is 0. The van der Waals surface area contributed by atoms with Crippen molar-refractivity contribution in [1.82, 2.24) is 9.97 Å². The van der Waals surface area contributed by atoms with E-state index in [2.05, 4.69) is 169 Å². The van der Waals surface area contributed by atoms with Crippen LogP contribution in [0.5, 0.6) is 0 Å². The Kier molecular flexibility index (Phi) is 9.93. The molecule has 0 unspecified atom stereocenters. The minimum absolute atomic E-state index is 0. The van der Waals surface area contributed by atoms with Crippen LogP contribution in [0.15, 0.2) is 207 Å². The Morgan fingerprint density at radius 3 is 1.65 bits per heavy atom. The summed E-state index contributed by atoms with van der Waals surface area (Å²) in [5.41, 5.74) is 8.84. The smallest absolute Gasteiger partial charge is 0.0167 e. The molecule has 57 heavy (non-hydrogen) atoms. The first-order chi connectivity index (χ1) is 27.8. The molecule has 0 saturated heterocycles. The van der Waals surface area contributed by atoms with Gasteiger partial charge in [0, 0.05) is 32.5 Å². The fraction of sp³-hybridized carbons (Fsp3) is 0. The van der Waals surface area contributed by atoms with Crippen LogP contribution in [0.1, 0.15) is 0 Å². The zero-order chi connectivity index (χ0) is 37.3. The minimum Gasteiger partial charge on any atom is -0.305 e. The molecule has 0 bridgehead atoms. The van der Waals surface area contributed by atoms with Crippen LogP contribution >= 0.6 is 0 Å². The maximum Gasteiger partial charge on any atom is 0.0167 e. The van der Waals surface area contributed by atoms with Gasteiger partial charge in [0.25, 0.3) is 0 Å². The SMILES string of the molecule is [Ir].[c-]1cc2c(-c3ccccc3)c3ccccc3c(-c3ccccc3)c2cc1-c1nccc2c1ccc1c3ccccc3ccc21.[c-]1ccccc1-c1ccccn1. The molecule has 0 aliphatic heterocycles. The standard InChI is InChI=1S/C43H26N.C11H8N.Ir/c1-3-12-29(13-4-1)41-36-17-9-10-18-37(36)42(30-14-5-2-6-15-30)40-27-31(20-22-38(40)41)43-39-24-23-33-32-16-8-7-11-28(32)19-21-34(33)35(39)25-26-44-43;1-2-6-10(7-3-1)11-8-4-5-9-12-11;/h1-19,21-27H;1-6,8-9H;/q2*-1;. The normalized spacial score (nSPS) is 11.0. The number of pyridine rings is 2. The van der Waals surface area contributed by atoms with E-state index in [-0.39, 0.29) is 20.1 Å². The van der Waals surface area contributed by atoms with Gasteiger partial charge in [0.1, 0.15) is 0 Å². The molecular formula is C54H34IrN2-2. The van der Waals surface area contributed by atoms with E-state index >= 15 is 0 Å². The van der Waals surface area contributed by atoms with Gasteiger partial charge in [-0.1, -0.05) is 156 Å². The van der Waals surface area contributed by atoms with Gasteiger partial charge in [0.15, 0.2) is 0 Å². The summed E-state index contributed by atoms with van der Waals surface area (Å²) >= 11 is 0. The molecule has 0 amide bonds. The zero-order valence-electron chi connectivity index (χ0n) is 30.9. The fourth-order valence-corrected chi connectivity index (χ4v) is 8.13. The Bertz CT molecular complexity index is 3130. The van der Waals surface area contributed by atoms with E-state index in [9.17, 15) is 0 Å². The summed E-state index contributed by atoms with van der Waals surface area (Å²) in [6, 6.07) is 75.0. The molecule has 2 heterocycles.